The van der Waals surface area contributed by atoms with Crippen LogP contribution in [0.5, 0.6) is 5.75 Å². The van der Waals surface area contributed by atoms with Crippen LogP contribution in [-0.2, 0) is 11.2 Å². The number of likely N-dealkylation sites (N-methyl/N-ethyl adjacent to an activating group) is 1. The molecule has 1 heterocycles. The number of alkyl halides is 3. The standard InChI is InChI=1S/C16H20F4N2O2/c1-22-9-11(4-6-14(22)16(18,19)20)21-15(23)8-10-3-5-13(24-2)12(17)7-10/h3,5,7,11,14H,4,6,8-9H2,1-2H3,(H,21,23)/t11-,14-/m1/s1. The molecule has 24 heavy (non-hydrogen) atoms. The van der Waals surface area contributed by atoms with Crippen molar-refractivity contribution in [2.75, 3.05) is 20.7 Å². The molecule has 1 N–H and O–H groups in total. The predicted molar refractivity (Wildman–Crippen MR) is 80.3 cm³/mol. The Morgan fingerprint density at radius 3 is 2.62 bits per heavy atom. The Balaban J connectivity index is 1.88. The van der Waals surface area contributed by atoms with Gasteiger partial charge in [-0.15, -0.1) is 0 Å². The summed E-state index contributed by atoms with van der Waals surface area (Å²) in [7, 11) is 2.74. The molecule has 0 aliphatic carbocycles. The van der Waals surface area contributed by atoms with E-state index in [4.69, 9.17) is 4.74 Å². The lowest BCUT2D eigenvalue weighted by Gasteiger charge is -2.38. The fourth-order valence-corrected chi connectivity index (χ4v) is 2.96. The number of methoxy groups -OCH3 is 1. The normalized spacial score (nSPS) is 22.2. The maximum Gasteiger partial charge on any atom is 0.404 e. The van der Waals surface area contributed by atoms with Gasteiger partial charge in [0.25, 0.3) is 0 Å². The summed E-state index contributed by atoms with van der Waals surface area (Å²) in [6.07, 6.45) is -4.09. The van der Waals surface area contributed by atoms with Crippen molar-refractivity contribution >= 4 is 5.91 Å². The number of amides is 1. The molecule has 0 bridgehead atoms. The Morgan fingerprint density at radius 2 is 2.08 bits per heavy atom. The molecule has 0 radical (unpaired) electrons. The number of carbonyl (C=O) groups is 1. The van der Waals surface area contributed by atoms with Gasteiger partial charge in [-0.05, 0) is 37.6 Å². The molecule has 1 amide bonds. The van der Waals surface area contributed by atoms with Crippen molar-refractivity contribution in [1.82, 2.24) is 10.2 Å². The number of benzene rings is 1. The maximum atomic E-state index is 13.6. The third kappa shape index (κ3) is 4.59. The highest BCUT2D eigenvalue weighted by molar-refractivity contribution is 5.79. The van der Waals surface area contributed by atoms with Crippen molar-refractivity contribution < 1.29 is 27.1 Å². The van der Waals surface area contributed by atoms with Crippen LogP contribution in [-0.4, -0.2) is 49.8 Å². The number of halogens is 4. The number of nitrogens with zero attached hydrogens (tertiary/aromatic N) is 1. The van der Waals surface area contributed by atoms with Gasteiger partial charge in [-0.1, -0.05) is 6.07 Å². The summed E-state index contributed by atoms with van der Waals surface area (Å²) in [4.78, 5) is 13.2. The predicted octanol–water partition coefficient (Wildman–Crippen LogP) is 2.52. The van der Waals surface area contributed by atoms with Crippen molar-refractivity contribution in [3.05, 3.63) is 29.6 Å². The van der Waals surface area contributed by atoms with E-state index in [-0.39, 0.29) is 43.5 Å². The van der Waals surface area contributed by atoms with Gasteiger partial charge in [0.2, 0.25) is 5.91 Å². The number of carbonyl (C=O) groups excluding carboxylic acids is 1. The molecule has 4 nitrogen and oxygen atoms in total. The Bertz CT molecular complexity index is 592. The molecule has 1 aromatic rings. The van der Waals surface area contributed by atoms with Gasteiger partial charge in [0, 0.05) is 12.6 Å². The Hall–Kier alpha value is -1.83. The van der Waals surface area contributed by atoms with Crippen LogP contribution in [0.15, 0.2) is 18.2 Å². The second-order valence-corrected chi connectivity index (χ2v) is 5.98. The number of ether oxygens (including phenoxy) is 1. The maximum absolute atomic E-state index is 13.6. The van der Waals surface area contributed by atoms with Crippen LogP contribution in [0.3, 0.4) is 0 Å². The zero-order valence-electron chi connectivity index (χ0n) is 13.5. The van der Waals surface area contributed by atoms with Crippen LogP contribution in [0.4, 0.5) is 17.6 Å². The van der Waals surface area contributed by atoms with Crippen molar-refractivity contribution in [1.29, 1.82) is 0 Å². The highest BCUT2D eigenvalue weighted by Gasteiger charge is 2.44. The van der Waals surface area contributed by atoms with Crippen molar-refractivity contribution in [2.24, 2.45) is 0 Å². The Morgan fingerprint density at radius 1 is 1.38 bits per heavy atom. The molecular weight excluding hydrogens is 328 g/mol. The number of nitrogens with one attached hydrogen (secondary N) is 1. The van der Waals surface area contributed by atoms with Crippen LogP contribution in [0.25, 0.3) is 0 Å². The number of hydrogen-bond acceptors (Lipinski definition) is 3. The van der Waals surface area contributed by atoms with E-state index in [0.29, 0.717) is 5.56 Å². The first kappa shape index (κ1) is 18.5. The fraction of sp³-hybridized carbons (Fsp3) is 0.562. The zero-order valence-corrected chi connectivity index (χ0v) is 13.5. The summed E-state index contributed by atoms with van der Waals surface area (Å²) in [5.74, 6) is -0.817. The molecule has 1 aliphatic rings. The molecule has 134 valence electrons. The van der Waals surface area contributed by atoms with E-state index >= 15 is 0 Å². The first-order valence-electron chi connectivity index (χ1n) is 7.59. The van der Waals surface area contributed by atoms with E-state index < -0.39 is 18.0 Å². The number of piperidine rings is 1. The lowest BCUT2D eigenvalue weighted by atomic mass is 9.98. The van der Waals surface area contributed by atoms with E-state index in [1.54, 1.807) is 6.07 Å². The zero-order chi connectivity index (χ0) is 17.9. The summed E-state index contributed by atoms with van der Waals surface area (Å²) in [5.41, 5.74) is 0.475. The Labute approximate surface area is 137 Å². The monoisotopic (exact) mass is 348 g/mol. The van der Waals surface area contributed by atoms with Gasteiger partial charge in [0.05, 0.1) is 13.5 Å². The minimum Gasteiger partial charge on any atom is -0.494 e. The van der Waals surface area contributed by atoms with Gasteiger partial charge in [-0.3, -0.25) is 9.69 Å². The number of likely N-dealkylation sites (tertiary alicyclic amines) is 1. The van der Waals surface area contributed by atoms with Gasteiger partial charge in [-0.2, -0.15) is 13.2 Å². The smallest absolute Gasteiger partial charge is 0.404 e. The highest BCUT2D eigenvalue weighted by Crippen LogP contribution is 2.30. The Kier molecular flexibility index (Phi) is 5.69. The quantitative estimate of drug-likeness (QED) is 0.851. The van der Waals surface area contributed by atoms with E-state index in [0.717, 1.165) is 0 Å². The minimum absolute atomic E-state index is 0.0379. The number of hydrogen-bond donors (Lipinski definition) is 1. The third-order valence-corrected chi connectivity index (χ3v) is 4.15. The van der Waals surface area contributed by atoms with Crippen molar-refractivity contribution in [3.8, 4) is 5.75 Å². The van der Waals surface area contributed by atoms with Gasteiger partial charge in [-0.25, -0.2) is 4.39 Å². The minimum atomic E-state index is -4.26. The molecular formula is C16H20F4N2O2. The largest absolute Gasteiger partial charge is 0.494 e. The van der Waals surface area contributed by atoms with Gasteiger partial charge >= 0.3 is 6.18 Å². The first-order chi connectivity index (χ1) is 11.2. The van der Waals surface area contributed by atoms with E-state index in [1.807, 2.05) is 0 Å². The molecule has 0 unspecified atom stereocenters. The second-order valence-electron chi connectivity index (χ2n) is 5.98. The summed E-state index contributed by atoms with van der Waals surface area (Å²) in [6, 6.07) is 2.41. The molecule has 1 aliphatic heterocycles. The molecule has 2 rings (SSSR count). The summed E-state index contributed by atoms with van der Waals surface area (Å²) < 4.78 is 56.8. The average Bonchev–Trinajstić information content (AvgIpc) is 2.46. The molecule has 1 fully saturated rings. The van der Waals surface area contributed by atoms with E-state index in [2.05, 4.69) is 5.32 Å². The third-order valence-electron chi connectivity index (χ3n) is 4.15. The van der Waals surface area contributed by atoms with Crippen molar-refractivity contribution in [3.63, 3.8) is 0 Å². The van der Waals surface area contributed by atoms with Gasteiger partial charge in [0.15, 0.2) is 11.6 Å². The topological polar surface area (TPSA) is 41.6 Å². The average molecular weight is 348 g/mol. The molecule has 0 saturated carbocycles. The molecule has 1 saturated heterocycles. The summed E-state index contributed by atoms with van der Waals surface area (Å²) in [6.45, 7) is 0.132. The molecule has 1 aromatic carbocycles. The van der Waals surface area contributed by atoms with E-state index in [9.17, 15) is 22.4 Å². The van der Waals surface area contributed by atoms with Gasteiger partial charge < -0.3 is 10.1 Å². The van der Waals surface area contributed by atoms with Crippen LogP contribution >= 0.6 is 0 Å². The lowest BCUT2D eigenvalue weighted by Crippen LogP contribution is -2.54. The van der Waals surface area contributed by atoms with Crippen LogP contribution in [0.1, 0.15) is 18.4 Å². The molecule has 0 aromatic heterocycles. The lowest BCUT2D eigenvalue weighted by molar-refractivity contribution is -0.188. The molecule has 0 spiro atoms. The van der Waals surface area contributed by atoms with Crippen LogP contribution < -0.4 is 10.1 Å². The SMILES string of the molecule is COc1ccc(CC(=O)N[C@@H]2CC[C@H](C(F)(F)F)N(C)C2)cc1F. The van der Waals surface area contributed by atoms with Crippen LogP contribution in [0.2, 0.25) is 0 Å². The van der Waals surface area contributed by atoms with E-state index in [1.165, 1.54) is 31.2 Å². The van der Waals surface area contributed by atoms with Crippen LogP contribution in [0, 0.1) is 5.82 Å². The second kappa shape index (κ2) is 7.38. The highest BCUT2D eigenvalue weighted by atomic mass is 19.4. The first-order valence-corrected chi connectivity index (χ1v) is 7.59. The molecule has 8 heteroatoms. The van der Waals surface area contributed by atoms with Crippen molar-refractivity contribution in [2.45, 2.75) is 37.5 Å². The molecule has 2 atom stereocenters. The fourth-order valence-electron chi connectivity index (χ4n) is 2.96. The summed E-state index contributed by atoms with van der Waals surface area (Å²) in [5, 5.41) is 2.72. The summed E-state index contributed by atoms with van der Waals surface area (Å²) >= 11 is 0. The number of rotatable bonds is 4. The van der Waals surface area contributed by atoms with Gasteiger partial charge in [0.1, 0.15) is 6.04 Å².